The van der Waals surface area contributed by atoms with Crippen molar-refractivity contribution in [3.05, 3.63) is 15.6 Å². The second-order valence-electron chi connectivity index (χ2n) is 4.25. The third-order valence-electron chi connectivity index (χ3n) is 3.00. The summed E-state index contributed by atoms with van der Waals surface area (Å²) in [4.78, 5) is 5.81. The van der Waals surface area contributed by atoms with Crippen molar-refractivity contribution in [3.8, 4) is 0 Å². The van der Waals surface area contributed by atoms with Crippen molar-refractivity contribution in [2.75, 3.05) is 11.5 Å². The van der Waals surface area contributed by atoms with Gasteiger partial charge in [-0.15, -0.1) is 11.3 Å². The highest BCUT2D eigenvalue weighted by Gasteiger charge is 2.17. The van der Waals surface area contributed by atoms with Gasteiger partial charge in [0.15, 0.2) is 0 Å². The Labute approximate surface area is 103 Å². The molecule has 1 aliphatic rings. The molecule has 1 aliphatic heterocycles. The number of hydrogen-bond donors (Lipinski definition) is 1. The first-order chi connectivity index (χ1) is 7.65. The second kappa shape index (κ2) is 5.38. The standard InChI is InChI=1S/C11H18N2OS2/c1-8-9(2)15-11(13-8)7-12-10-3-5-16(14)6-4-10/h10,12H,3-7H2,1-2H3. The maximum absolute atomic E-state index is 11.2. The first-order valence-corrected chi connectivity index (χ1v) is 7.97. The molecule has 90 valence electrons. The number of thiazole rings is 1. The summed E-state index contributed by atoms with van der Waals surface area (Å²) in [6.07, 6.45) is 2.08. The molecule has 1 aromatic rings. The molecule has 3 nitrogen and oxygen atoms in total. The monoisotopic (exact) mass is 258 g/mol. The Bertz CT molecular complexity index is 360. The van der Waals surface area contributed by atoms with E-state index in [1.807, 2.05) is 0 Å². The number of nitrogens with one attached hydrogen (secondary N) is 1. The van der Waals surface area contributed by atoms with Crippen molar-refractivity contribution in [1.29, 1.82) is 0 Å². The normalized spacial score (nSPS) is 25.9. The van der Waals surface area contributed by atoms with Gasteiger partial charge in [0, 0.05) is 39.8 Å². The van der Waals surface area contributed by atoms with Crippen LogP contribution in [-0.4, -0.2) is 26.7 Å². The summed E-state index contributed by atoms with van der Waals surface area (Å²) in [7, 11) is -0.562. The van der Waals surface area contributed by atoms with E-state index in [0.717, 1.165) is 36.6 Å². The van der Waals surface area contributed by atoms with E-state index in [0.29, 0.717) is 6.04 Å². The molecule has 0 amide bonds. The predicted octanol–water partition coefficient (Wildman–Crippen LogP) is 1.76. The van der Waals surface area contributed by atoms with Gasteiger partial charge in [-0.1, -0.05) is 0 Å². The lowest BCUT2D eigenvalue weighted by Crippen LogP contribution is -2.35. The Morgan fingerprint density at radius 3 is 2.69 bits per heavy atom. The lowest BCUT2D eigenvalue weighted by Gasteiger charge is -2.21. The van der Waals surface area contributed by atoms with E-state index in [4.69, 9.17) is 0 Å². The third kappa shape index (κ3) is 3.12. The van der Waals surface area contributed by atoms with E-state index in [-0.39, 0.29) is 0 Å². The van der Waals surface area contributed by atoms with Gasteiger partial charge >= 0.3 is 0 Å². The largest absolute Gasteiger partial charge is 0.308 e. The molecule has 1 N–H and O–H groups in total. The molecule has 0 aliphatic carbocycles. The molecule has 0 saturated carbocycles. The summed E-state index contributed by atoms with van der Waals surface area (Å²) >= 11 is 1.77. The Morgan fingerprint density at radius 1 is 1.44 bits per heavy atom. The average molecular weight is 258 g/mol. The van der Waals surface area contributed by atoms with Gasteiger partial charge < -0.3 is 5.32 Å². The molecule has 0 unspecified atom stereocenters. The van der Waals surface area contributed by atoms with Gasteiger partial charge in [-0.05, 0) is 26.7 Å². The Hall–Kier alpha value is -0.260. The Kier molecular flexibility index (Phi) is 4.10. The second-order valence-corrected chi connectivity index (χ2v) is 7.24. The lowest BCUT2D eigenvalue weighted by molar-refractivity contribution is 0.474. The van der Waals surface area contributed by atoms with Gasteiger partial charge in [0.25, 0.3) is 0 Å². The van der Waals surface area contributed by atoms with Crippen molar-refractivity contribution in [1.82, 2.24) is 10.3 Å². The van der Waals surface area contributed by atoms with Gasteiger partial charge in [0.1, 0.15) is 5.01 Å². The molecular formula is C11H18N2OS2. The van der Waals surface area contributed by atoms with E-state index in [1.165, 1.54) is 9.88 Å². The lowest BCUT2D eigenvalue weighted by atomic mass is 10.1. The predicted molar refractivity (Wildman–Crippen MR) is 69.3 cm³/mol. The molecule has 2 heterocycles. The summed E-state index contributed by atoms with van der Waals surface area (Å²) in [5.74, 6) is 1.71. The van der Waals surface area contributed by atoms with Gasteiger partial charge in [0.05, 0.1) is 5.69 Å². The molecule has 0 bridgehead atoms. The van der Waals surface area contributed by atoms with Crippen LogP contribution in [0.2, 0.25) is 0 Å². The molecule has 1 aromatic heterocycles. The van der Waals surface area contributed by atoms with Gasteiger partial charge in [-0.2, -0.15) is 0 Å². The van der Waals surface area contributed by atoms with Crippen LogP contribution in [0.1, 0.15) is 28.4 Å². The minimum atomic E-state index is -0.562. The number of rotatable bonds is 3. The Morgan fingerprint density at radius 2 is 2.12 bits per heavy atom. The zero-order valence-corrected chi connectivity index (χ0v) is 11.4. The highest BCUT2D eigenvalue weighted by atomic mass is 32.2. The number of aromatic nitrogens is 1. The van der Waals surface area contributed by atoms with Gasteiger partial charge in [-0.3, -0.25) is 4.21 Å². The fourth-order valence-corrected chi connectivity index (χ4v) is 4.03. The van der Waals surface area contributed by atoms with Crippen LogP contribution in [-0.2, 0) is 17.3 Å². The van der Waals surface area contributed by atoms with Crippen molar-refractivity contribution >= 4 is 22.1 Å². The number of hydrogen-bond acceptors (Lipinski definition) is 4. The highest BCUT2D eigenvalue weighted by molar-refractivity contribution is 7.85. The quantitative estimate of drug-likeness (QED) is 0.898. The van der Waals surface area contributed by atoms with Crippen LogP contribution >= 0.6 is 11.3 Å². The molecule has 1 saturated heterocycles. The van der Waals surface area contributed by atoms with Gasteiger partial charge in [0.2, 0.25) is 0 Å². The molecular weight excluding hydrogens is 240 g/mol. The van der Waals surface area contributed by atoms with Crippen LogP contribution < -0.4 is 5.32 Å². The summed E-state index contributed by atoms with van der Waals surface area (Å²) in [5.41, 5.74) is 1.14. The zero-order chi connectivity index (χ0) is 11.5. The SMILES string of the molecule is Cc1nc(CNC2CCS(=O)CC2)sc1C. The molecule has 1 fully saturated rings. The summed E-state index contributed by atoms with van der Waals surface area (Å²) in [5, 5.41) is 4.68. The van der Waals surface area contributed by atoms with E-state index < -0.39 is 10.8 Å². The van der Waals surface area contributed by atoms with Crippen molar-refractivity contribution in [2.24, 2.45) is 0 Å². The average Bonchev–Trinajstić information content (AvgIpc) is 2.58. The first kappa shape index (κ1) is 12.2. The highest BCUT2D eigenvalue weighted by Crippen LogP contribution is 2.17. The summed E-state index contributed by atoms with van der Waals surface area (Å²) < 4.78 is 11.2. The summed E-state index contributed by atoms with van der Waals surface area (Å²) in [6, 6.07) is 0.530. The van der Waals surface area contributed by atoms with Crippen LogP contribution in [0, 0.1) is 13.8 Å². The van der Waals surface area contributed by atoms with Crippen LogP contribution in [0.3, 0.4) is 0 Å². The zero-order valence-electron chi connectivity index (χ0n) is 9.78. The van der Waals surface area contributed by atoms with E-state index in [2.05, 4.69) is 24.1 Å². The minimum Gasteiger partial charge on any atom is -0.308 e. The van der Waals surface area contributed by atoms with Crippen molar-refractivity contribution < 1.29 is 4.21 Å². The van der Waals surface area contributed by atoms with Gasteiger partial charge in [-0.25, -0.2) is 4.98 Å². The smallest absolute Gasteiger partial charge is 0.107 e. The third-order valence-corrected chi connectivity index (χ3v) is 5.46. The molecule has 0 aromatic carbocycles. The Balaban J connectivity index is 1.81. The molecule has 5 heteroatoms. The minimum absolute atomic E-state index is 0.530. The summed E-state index contributed by atoms with van der Waals surface area (Å²) in [6.45, 7) is 5.02. The van der Waals surface area contributed by atoms with E-state index in [9.17, 15) is 4.21 Å². The fraction of sp³-hybridized carbons (Fsp3) is 0.727. The molecule has 0 radical (unpaired) electrons. The fourth-order valence-electron chi connectivity index (χ4n) is 1.84. The van der Waals surface area contributed by atoms with Crippen LogP contribution in [0.5, 0.6) is 0 Å². The van der Waals surface area contributed by atoms with Crippen molar-refractivity contribution in [3.63, 3.8) is 0 Å². The number of nitrogens with zero attached hydrogens (tertiary/aromatic N) is 1. The topological polar surface area (TPSA) is 42.0 Å². The molecule has 0 spiro atoms. The van der Waals surface area contributed by atoms with E-state index >= 15 is 0 Å². The maximum atomic E-state index is 11.2. The van der Waals surface area contributed by atoms with Crippen LogP contribution in [0.4, 0.5) is 0 Å². The molecule has 16 heavy (non-hydrogen) atoms. The van der Waals surface area contributed by atoms with Crippen LogP contribution in [0.25, 0.3) is 0 Å². The van der Waals surface area contributed by atoms with Crippen LogP contribution in [0.15, 0.2) is 0 Å². The number of aryl methyl sites for hydroxylation is 2. The molecule has 0 atom stereocenters. The van der Waals surface area contributed by atoms with E-state index in [1.54, 1.807) is 11.3 Å². The van der Waals surface area contributed by atoms with Crippen molar-refractivity contribution in [2.45, 2.75) is 39.3 Å². The maximum Gasteiger partial charge on any atom is 0.107 e. The molecule has 2 rings (SSSR count). The first-order valence-electron chi connectivity index (χ1n) is 5.66.